The van der Waals surface area contributed by atoms with Crippen molar-refractivity contribution >= 4 is 16.9 Å². The van der Waals surface area contributed by atoms with Gasteiger partial charge in [0.25, 0.3) is 5.91 Å². The summed E-state index contributed by atoms with van der Waals surface area (Å²) in [6, 6.07) is 3.77. The van der Waals surface area contributed by atoms with E-state index in [1.807, 2.05) is 26.0 Å². The van der Waals surface area contributed by atoms with Crippen LogP contribution in [0.5, 0.6) is 0 Å². The smallest absolute Gasteiger partial charge is 0.270 e. The van der Waals surface area contributed by atoms with Crippen LogP contribution in [0.2, 0.25) is 0 Å². The molecule has 7 heteroatoms. The van der Waals surface area contributed by atoms with Gasteiger partial charge in [0.15, 0.2) is 5.65 Å². The van der Waals surface area contributed by atoms with Crippen LogP contribution in [0, 0.1) is 13.8 Å². The van der Waals surface area contributed by atoms with E-state index < -0.39 is 0 Å². The molecule has 3 aromatic heterocycles. The van der Waals surface area contributed by atoms with E-state index in [4.69, 9.17) is 0 Å². The molecule has 0 radical (unpaired) electrons. The summed E-state index contributed by atoms with van der Waals surface area (Å²) in [7, 11) is 1.77. The van der Waals surface area contributed by atoms with Crippen molar-refractivity contribution in [2.45, 2.75) is 20.4 Å². The number of nitrogens with zero attached hydrogens (tertiary/aromatic N) is 4. The van der Waals surface area contributed by atoms with Crippen molar-refractivity contribution in [3.8, 4) is 0 Å². The summed E-state index contributed by atoms with van der Waals surface area (Å²) in [4.78, 5) is 16.5. The molecule has 0 atom stereocenters. The molecule has 21 heavy (non-hydrogen) atoms. The summed E-state index contributed by atoms with van der Waals surface area (Å²) in [5.41, 5.74) is 3.82. The number of hydrogen-bond donors (Lipinski definition) is 2. The van der Waals surface area contributed by atoms with Crippen molar-refractivity contribution < 1.29 is 4.79 Å². The van der Waals surface area contributed by atoms with Crippen LogP contribution in [-0.4, -0.2) is 30.9 Å². The Kier molecular flexibility index (Phi) is 3.17. The van der Waals surface area contributed by atoms with E-state index in [1.165, 1.54) is 0 Å². The second-order valence-corrected chi connectivity index (χ2v) is 4.94. The molecule has 0 fully saturated rings. The highest BCUT2D eigenvalue weighted by atomic mass is 16.2. The zero-order chi connectivity index (χ0) is 15.0. The molecule has 2 N–H and O–H groups in total. The Morgan fingerprint density at radius 1 is 1.43 bits per heavy atom. The first-order valence-corrected chi connectivity index (χ1v) is 6.64. The Morgan fingerprint density at radius 2 is 2.24 bits per heavy atom. The molecule has 0 aliphatic rings. The first-order valence-electron chi connectivity index (χ1n) is 6.64. The number of aromatic nitrogens is 5. The molecule has 108 valence electrons. The Hall–Kier alpha value is -2.70. The average Bonchev–Trinajstić information content (AvgIpc) is 2.98. The lowest BCUT2D eigenvalue weighted by Crippen LogP contribution is -2.26. The van der Waals surface area contributed by atoms with Gasteiger partial charge in [-0.25, -0.2) is 4.98 Å². The fraction of sp³-hybridized carbons (Fsp3) is 0.286. The molecule has 0 aliphatic carbocycles. The van der Waals surface area contributed by atoms with Gasteiger partial charge in [-0.05, 0) is 26.0 Å². The topological polar surface area (TPSA) is 88.5 Å². The Morgan fingerprint density at radius 3 is 2.95 bits per heavy atom. The van der Waals surface area contributed by atoms with Crippen LogP contribution in [-0.2, 0) is 13.6 Å². The summed E-state index contributed by atoms with van der Waals surface area (Å²) in [5, 5.41) is 15.1. The predicted octanol–water partition coefficient (Wildman–Crippen LogP) is 1.24. The van der Waals surface area contributed by atoms with Gasteiger partial charge in [0.1, 0.15) is 5.69 Å². The van der Waals surface area contributed by atoms with E-state index in [1.54, 1.807) is 17.9 Å². The number of carbonyl (C=O) groups excluding carboxylic acids is 1. The fourth-order valence-electron chi connectivity index (χ4n) is 2.37. The molecule has 0 saturated carbocycles. The first-order chi connectivity index (χ1) is 10.1. The summed E-state index contributed by atoms with van der Waals surface area (Å²) in [5.74, 6) is -0.151. The standard InChI is InChI=1S/C14H16N6O/c1-8-9(2)19-20(3)12(8)14(21)16-7-11-10-5-4-6-15-13(10)18-17-11/h4-6H,7H2,1-3H3,(H,16,21)(H,15,17,18). The second-order valence-electron chi connectivity index (χ2n) is 4.94. The van der Waals surface area contributed by atoms with Crippen LogP contribution in [0.15, 0.2) is 18.3 Å². The van der Waals surface area contributed by atoms with E-state index in [0.717, 1.165) is 22.3 Å². The van der Waals surface area contributed by atoms with Gasteiger partial charge >= 0.3 is 0 Å². The normalized spacial score (nSPS) is 11.0. The largest absolute Gasteiger partial charge is 0.345 e. The summed E-state index contributed by atoms with van der Waals surface area (Å²) < 4.78 is 1.60. The van der Waals surface area contributed by atoms with Crippen molar-refractivity contribution in [1.82, 2.24) is 30.3 Å². The summed E-state index contributed by atoms with van der Waals surface area (Å²) in [6.07, 6.45) is 1.69. The van der Waals surface area contributed by atoms with E-state index in [9.17, 15) is 4.79 Å². The summed E-state index contributed by atoms with van der Waals surface area (Å²) in [6.45, 7) is 4.15. The lowest BCUT2D eigenvalue weighted by molar-refractivity contribution is 0.0940. The number of nitrogens with one attached hydrogen (secondary N) is 2. The Balaban J connectivity index is 1.80. The first kappa shape index (κ1) is 13.3. The van der Waals surface area contributed by atoms with Crippen molar-refractivity contribution in [2.75, 3.05) is 0 Å². The molecular formula is C14H16N6O. The van der Waals surface area contributed by atoms with E-state index in [-0.39, 0.29) is 5.91 Å². The van der Waals surface area contributed by atoms with Gasteiger partial charge in [0.05, 0.1) is 17.9 Å². The molecule has 3 heterocycles. The minimum Gasteiger partial charge on any atom is -0.345 e. The molecule has 0 saturated heterocycles. The van der Waals surface area contributed by atoms with E-state index in [2.05, 4.69) is 25.6 Å². The number of fused-ring (bicyclic) bond motifs is 1. The van der Waals surface area contributed by atoms with Crippen molar-refractivity contribution in [1.29, 1.82) is 0 Å². The molecule has 0 aliphatic heterocycles. The zero-order valence-electron chi connectivity index (χ0n) is 12.1. The third kappa shape index (κ3) is 2.26. The highest BCUT2D eigenvalue weighted by molar-refractivity contribution is 5.94. The third-order valence-corrected chi connectivity index (χ3v) is 3.57. The molecule has 0 spiro atoms. The molecule has 3 rings (SSSR count). The summed E-state index contributed by atoms with van der Waals surface area (Å²) >= 11 is 0. The maximum Gasteiger partial charge on any atom is 0.270 e. The number of amides is 1. The lowest BCUT2D eigenvalue weighted by Gasteiger charge is -2.05. The highest BCUT2D eigenvalue weighted by Gasteiger charge is 2.17. The van der Waals surface area contributed by atoms with E-state index in [0.29, 0.717) is 17.9 Å². The maximum absolute atomic E-state index is 12.3. The van der Waals surface area contributed by atoms with Gasteiger partial charge in [0.2, 0.25) is 0 Å². The van der Waals surface area contributed by atoms with Gasteiger partial charge in [0, 0.05) is 24.2 Å². The van der Waals surface area contributed by atoms with Crippen LogP contribution in [0.25, 0.3) is 11.0 Å². The van der Waals surface area contributed by atoms with Crippen LogP contribution < -0.4 is 5.32 Å². The fourth-order valence-corrected chi connectivity index (χ4v) is 2.37. The second kappa shape index (κ2) is 5.01. The lowest BCUT2D eigenvalue weighted by atomic mass is 10.2. The Bertz CT molecular complexity index is 816. The van der Waals surface area contributed by atoms with Crippen LogP contribution in [0.4, 0.5) is 0 Å². The van der Waals surface area contributed by atoms with Crippen molar-refractivity contribution in [3.05, 3.63) is 41.0 Å². The van der Waals surface area contributed by atoms with Crippen LogP contribution in [0.3, 0.4) is 0 Å². The Labute approximate surface area is 121 Å². The van der Waals surface area contributed by atoms with Gasteiger partial charge in [-0.3, -0.25) is 14.6 Å². The van der Waals surface area contributed by atoms with Crippen molar-refractivity contribution in [2.24, 2.45) is 7.05 Å². The number of hydrogen-bond acceptors (Lipinski definition) is 4. The van der Waals surface area contributed by atoms with Gasteiger partial charge in [-0.15, -0.1) is 0 Å². The van der Waals surface area contributed by atoms with Crippen LogP contribution in [0.1, 0.15) is 27.4 Å². The van der Waals surface area contributed by atoms with Crippen LogP contribution >= 0.6 is 0 Å². The minimum absolute atomic E-state index is 0.151. The molecule has 7 nitrogen and oxygen atoms in total. The average molecular weight is 284 g/mol. The van der Waals surface area contributed by atoms with Gasteiger partial charge in [-0.1, -0.05) is 0 Å². The molecule has 0 bridgehead atoms. The molecular weight excluding hydrogens is 268 g/mol. The minimum atomic E-state index is -0.151. The monoisotopic (exact) mass is 284 g/mol. The highest BCUT2D eigenvalue weighted by Crippen LogP contribution is 2.14. The molecule has 0 unspecified atom stereocenters. The maximum atomic E-state index is 12.3. The van der Waals surface area contributed by atoms with Crippen molar-refractivity contribution in [3.63, 3.8) is 0 Å². The number of H-pyrrole nitrogens is 1. The third-order valence-electron chi connectivity index (χ3n) is 3.57. The predicted molar refractivity (Wildman–Crippen MR) is 77.7 cm³/mol. The van der Waals surface area contributed by atoms with Gasteiger partial charge in [-0.2, -0.15) is 10.2 Å². The van der Waals surface area contributed by atoms with E-state index >= 15 is 0 Å². The number of rotatable bonds is 3. The number of pyridine rings is 1. The molecule has 1 amide bonds. The quantitative estimate of drug-likeness (QED) is 0.757. The molecule has 0 aromatic carbocycles. The molecule has 3 aromatic rings. The number of carbonyl (C=O) groups is 1. The van der Waals surface area contributed by atoms with Gasteiger partial charge < -0.3 is 5.32 Å². The number of aromatic amines is 1. The number of aryl methyl sites for hydroxylation is 2. The zero-order valence-corrected chi connectivity index (χ0v) is 12.1. The SMILES string of the molecule is Cc1nn(C)c(C(=O)NCc2[nH]nc3ncccc23)c1C.